The third-order valence-electron chi connectivity index (χ3n) is 6.31. The van der Waals surface area contributed by atoms with Gasteiger partial charge in [0.25, 0.3) is 0 Å². The van der Waals surface area contributed by atoms with E-state index in [4.69, 9.17) is 33.4 Å². The Morgan fingerprint density at radius 2 is 0.490 bits per heavy atom. The molecule has 0 atom stereocenters. The van der Waals surface area contributed by atoms with Crippen molar-refractivity contribution in [1.82, 2.24) is 0 Å². The fraction of sp³-hybridized carbons (Fsp3) is 0.0500. The normalized spacial score (nSPS) is 9.71. The molecule has 0 aliphatic heterocycles. The van der Waals surface area contributed by atoms with Crippen LogP contribution in [0.1, 0.15) is 0 Å². The zero-order valence-corrected chi connectivity index (χ0v) is 33.1. The first-order valence-electron chi connectivity index (χ1n) is 14.9. The average Bonchev–Trinajstić information content (AvgIpc) is 3.15. The summed E-state index contributed by atoms with van der Waals surface area (Å²) in [4.78, 5) is 18.5. The molecule has 0 aliphatic rings. The van der Waals surface area contributed by atoms with Gasteiger partial charge in [-0.1, -0.05) is 0 Å². The average molecular weight is 911 g/mol. The van der Waals surface area contributed by atoms with Gasteiger partial charge in [0, 0.05) is 0 Å². The van der Waals surface area contributed by atoms with Crippen LogP contribution in [0.3, 0.4) is 0 Å². The quantitative estimate of drug-likeness (QED) is 0.168. The molecule has 252 valence electrons. The van der Waals surface area contributed by atoms with Crippen molar-refractivity contribution in [3.8, 4) is 0 Å². The van der Waals surface area contributed by atoms with E-state index in [-0.39, 0.29) is 17.2 Å². The van der Waals surface area contributed by atoms with Gasteiger partial charge >= 0.3 is 255 Å². The predicted molar refractivity (Wildman–Crippen MR) is 205 cm³/mol. The number of carboxylic acids is 2. The standard InChI is InChI=1S/6C6H5.2C2H3ClO2.O.2Sb/c6*1-2-4-6-5-3-1;2*3-1-2(4)5;;;/h6*1-5H;2*1H2,(H,4,5);;;/q;;;;;;;;-2;;. The molecule has 6 aromatic rings. The number of benzene rings is 6. The molecular formula is C40H36Cl2O5Sb2-2. The zero-order valence-electron chi connectivity index (χ0n) is 26.5. The molecule has 0 bridgehead atoms. The molecule has 0 unspecified atom stereocenters. The first-order chi connectivity index (χ1) is 23.4. The van der Waals surface area contributed by atoms with Crippen LogP contribution in [0, 0.1) is 0 Å². The molecule has 0 fully saturated rings. The number of rotatable bonds is 8. The molecule has 2 N–H and O–H groups in total. The number of alkyl halides is 2. The fourth-order valence-electron chi connectivity index (χ4n) is 4.36. The molecule has 0 amide bonds. The van der Waals surface area contributed by atoms with Gasteiger partial charge in [-0.15, -0.1) is 23.2 Å². The van der Waals surface area contributed by atoms with Crippen LogP contribution in [-0.4, -0.2) is 74.3 Å². The molecule has 6 aromatic carbocycles. The number of aliphatic carboxylic acids is 2. The third-order valence-corrected chi connectivity index (χ3v) is 20.7. The predicted octanol–water partition coefficient (Wildman–Crippen LogP) is 4.91. The van der Waals surface area contributed by atoms with E-state index in [0.717, 1.165) is 0 Å². The van der Waals surface area contributed by atoms with E-state index in [1.807, 2.05) is 0 Å². The summed E-state index contributed by atoms with van der Waals surface area (Å²) in [5.41, 5.74) is 0. The molecule has 0 saturated heterocycles. The minimum atomic E-state index is -1.83. The van der Waals surface area contributed by atoms with E-state index in [0.29, 0.717) is 0 Å². The summed E-state index contributed by atoms with van der Waals surface area (Å²) in [5.74, 6) is -2.57. The summed E-state index contributed by atoms with van der Waals surface area (Å²) in [5, 5.41) is 15.2. The van der Waals surface area contributed by atoms with E-state index in [2.05, 4.69) is 182 Å². The maximum absolute atomic E-state index is 9.24. The topological polar surface area (TPSA) is 103 Å². The van der Waals surface area contributed by atoms with Crippen LogP contribution in [0.2, 0.25) is 0 Å². The Balaban J connectivity index is 0.000000264. The van der Waals surface area contributed by atoms with Crippen molar-refractivity contribution < 1.29 is 25.3 Å². The molecule has 9 heteroatoms. The number of halogens is 2. The first-order valence-corrected chi connectivity index (χ1v) is 23.6. The van der Waals surface area contributed by atoms with Gasteiger partial charge in [0.1, 0.15) is 11.8 Å². The number of hydrogen-bond acceptors (Lipinski definition) is 2. The Hall–Kier alpha value is -3.56. The molecule has 0 heterocycles. The molecule has 49 heavy (non-hydrogen) atoms. The minimum absolute atomic E-state index is 0. The van der Waals surface area contributed by atoms with E-state index >= 15 is 0 Å². The molecule has 0 saturated carbocycles. The van der Waals surface area contributed by atoms with Gasteiger partial charge in [0.05, 0.1) is 0 Å². The second kappa shape index (κ2) is 24.6. The number of carbonyl (C=O) groups is 2. The van der Waals surface area contributed by atoms with Crippen LogP contribution in [-0.2, 0) is 15.1 Å². The van der Waals surface area contributed by atoms with Crippen LogP contribution in [0.15, 0.2) is 182 Å². The molecule has 6 rings (SSSR count). The molecule has 0 spiro atoms. The van der Waals surface area contributed by atoms with Crippen molar-refractivity contribution in [2.24, 2.45) is 0 Å². The van der Waals surface area contributed by atoms with Gasteiger partial charge in [0.2, 0.25) is 0 Å². The molecule has 5 nitrogen and oxygen atoms in total. The molecule has 0 radical (unpaired) electrons. The first kappa shape index (κ1) is 41.6. The van der Waals surface area contributed by atoms with Gasteiger partial charge < -0.3 is 15.7 Å². The van der Waals surface area contributed by atoms with Gasteiger partial charge in [-0.2, -0.15) is 0 Å². The zero-order chi connectivity index (χ0) is 34.4. The van der Waals surface area contributed by atoms with Crippen LogP contribution in [0.25, 0.3) is 0 Å². The summed E-state index contributed by atoms with van der Waals surface area (Å²) in [6.07, 6.45) is 0. The summed E-state index contributed by atoms with van der Waals surface area (Å²) in [7, 11) is 0. The Morgan fingerprint density at radius 3 is 0.592 bits per heavy atom. The van der Waals surface area contributed by atoms with Crippen LogP contribution in [0.5, 0.6) is 0 Å². The Bertz CT molecular complexity index is 1410. The van der Waals surface area contributed by atoms with Crippen molar-refractivity contribution in [3.05, 3.63) is 182 Å². The van der Waals surface area contributed by atoms with Crippen molar-refractivity contribution >= 4 is 96.6 Å². The second-order valence-electron chi connectivity index (χ2n) is 9.74. The van der Waals surface area contributed by atoms with Gasteiger partial charge in [-0.3, -0.25) is 9.59 Å². The van der Waals surface area contributed by atoms with Gasteiger partial charge in [-0.05, 0) is 0 Å². The fourth-order valence-corrected chi connectivity index (χ4v) is 17.5. The number of carboxylic acid groups (broad SMARTS) is 2. The van der Waals surface area contributed by atoms with E-state index in [1.54, 1.807) is 0 Å². The summed E-state index contributed by atoms with van der Waals surface area (Å²) >= 11 is 5.82. The summed E-state index contributed by atoms with van der Waals surface area (Å²) in [6.45, 7) is 0. The second-order valence-corrected chi connectivity index (χ2v) is 22.9. The molecule has 0 aliphatic carbocycles. The van der Waals surface area contributed by atoms with E-state index in [1.165, 1.54) is 21.1 Å². The Labute approximate surface area is 313 Å². The monoisotopic (exact) mass is 908 g/mol. The van der Waals surface area contributed by atoms with E-state index < -0.39 is 52.4 Å². The van der Waals surface area contributed by atoms with Gasteiger partial charge in [-0.25, -0.2) is 0 Å². The summed E-state index contributed by atoms with van der Waals surface area (Å²) < 4.78 is 9.10. The van der Waals surface area contributed by atoms with E-state index in [9.17, 15) is 9.59 Å². The SMILES string of the molecule is O=C(O)CCl.O=C(O)CCl.[O-2].c1cc[c]([Sb]([c]2ccccc2)[c]2ccccc2)cc1.c1cc[c]([Sb]([c]2ccccc2)[c]2ccccc2)cc1. The van der Waals surface area contributed by atoms with Crippen molar-refractivity contribution in [1.29, 1.82) is 0 Å². The maximum atomic E-state index is 9.24. The molecule has 0 aromatic heterocycles. The van der Waals surface area contributed by atoms with Crippen LogP contribution >= 0.6 is 23.2 Å². The third kappa shape index (κ3) is 15.3. The summed E-state index contributed by atoms with van der Waals surface area (Å²) in [6, 6.07) is 65.8. The van der Waals surface area contributed by atoms with Gasteiger partial charge in [0.15, 0.2) is 0 Å². The van der Waals surface area contributed by atoms with Crippen molar-refractivity contribution in [3.63, 3.8) is 0 Å². The Kier molecular flexibility index (Phi) is 20.8. The van der Waals surface area contributed by atoms with Crippen molar-refractivity contribution in [2.75, 3.05) is 11.8 Å². The number of hydrogen-bond donors (Lipinski definition) is 2. The Morgan fingerprint density at radius 1 is 0.367 bits per heavy atom. The van der Waals surface area contributed by atoms with Crippen LogP contribution in [0.4, 0.5) is 0 Å². The molecular weight excluding hydrogens is 875 g/mol. The van der Waals surface area contributed by atoms with Crippen LogP contribution < -0.4 is 21.1 Å². The van der Waals surface area contributed by atoms with Crippen molar-refractivity contribution in [2.45, 2.75) is 0 Å².